The minimum atomic E-state index is -2.74. The number of methoxy groups -OCH3 is 1. The smallest absolute Gasteiger partial charge is 0.336 e. The maximum Gasteiger partial charge on any atom is 0.336 e. The molecule has 14 heteroatoms. The predicted octanol–water partition coefficient (Wildman–Crippen LogP) is 1.94. The molecule has 2 aliphatic rings. The van der Waals surface area contributed by atoms with Crippen LogP contribution >= 0.6 is 0 Å². The van der Waals surface area contributed by atoms with Gasteiger partial charge in [0.1, 0.15) is 11.6 Å². The minimum Gasteiger partial charge on any atom is -0.496 e. The van der Waals surface area contributed by atoms with Gasteiger partial charge in [-0.05, 0) is 36.6 Å². The number of rotatable bonds is 10. The van der Waals surface area contributed by atoms with Gasteiger partial charge in [-0.3, -0.25) is 19.3 Å². The van der Waals surface area contributed by atoms with Crippen molar-refractivity contribution >= 4 is 23.8 Å². The fourth-order valence-corrected chi connectivity index (χ4v) is 4.92. The van der Waals surface area contributed by atoms with E-state index in [0.29, 0.717) is 12.3 Å². The lowest BCUT2D eigenvalue weighted by atomic mass is 9.80. The number of fused-ring (bicyclic) bond motifs is 1. The Labute approximate surface area is 240 Å². The molecule has 228 valence electrons. The molecule has 0 unspecified atom stereocenters. The van der Waals surface area contributed by atoms with Crippen LogP contribution in [0.1, 0.15) is 43.7 Å². The van der Waals surface area contributed by atoms with Gasteiger partial charge in [0, 0.05) is 38.2 Å². The van der Waals surface area contributed by atoms with E-state index in [1.165, 1.54) is 19.1 Å². The van der Waals surface area contributed by atoms with Gasteiger partial charge in [0.25, 0.3) is 0 Å². The van der Waals surface area contributed by atoms with Gasteiger partial charge in [-0.1, -0.05) is 12.1 Å². The van der Waals surface area contributed by atoms with Crippen LogP contribution in [0.2, 0.25) is 0 Å². The van der Waals surface area contributed by atoms with Crippen molar-refractivity contribution in [3.05, 3.63) is 53.3 Å². The van der Waals surface area contributed by atoms with Crippen molar-refractivity contribution in [2.24, 2.45) is 0 Å². The number of benzene rings is 2. The summed E-state index contributed by atoms with van der Waals surface area (Å²) in [4.78, 5) is 44.7. The van der Waals surface area contributed by atoms with Crippen molar-refractivity contribution in [2.45, 2.75) is 50.3 Å². The number of amides is 1. The average Bonchev–Trinajstić information content (AvgIpc) is 3.36. The van der Waals surface area contributed by atoms with Crippen LogP contribution in [0.5, 0.6) is 17.2 Å². The van der Waals surface area contributed by atoms with Crippen LogP contribution in [0.4, 0.5) is 4.39 Å². The molecule has 0 saturated carbocycles. The highest BCUT2D eigenvalue weighted by atomic mass is 19.1. The number of hydrogen-bond acceptors (Lipinski definition) is 9. The standard InChI is InChI=1S/C22H25FN2O4.C6H8O7/c1-15(26)24-22(17-3-5-18(23)6-4-17)7-9-25(10-8-22)13-16-11-20-21(29-14-28-20)12-19(16)27-2;7-3(8)1-6(13,5(11)12)2-4(9)10/h3-6,11-12H,7-10,13-14H2,1-2H3,(H,24,26);13H,1-2H2,(H,7,8)(H,9,10)(H,11,12). The molecule has 1 amide bonds. The molecule has 5 N–H and O–H groups in total. The van der Waals surface area contributed by atoms with Crippen LogP contribution in [0, 0.1) is 5.82 Å². The summed E-state index contributed by atoms with van der Waals surface area (Å²) in [6, 6.07) is 10.3. The third-order valence-corrected chi connectivity index (χ3v) is 6.98. The summed E-state index contributed by atoms with van der Waals surface area (Å²) in [6.45, 7) is 4.03. The second kappa shape index (κ2) is 13.5. The van der Waals surface area contributed by atoms with Gasteiger partial charge in [-0.25, -0.2) is 9.18 Å². The van der Waals surface area contributed by atoms with E-state index in [0.717, 1.165) is 48.6 Å². The number of carbonyl (C=O) groups is 4. The fraction of sp³-hybridized carbons (Fsp3) is 0.429. The number of nitrogens with zero attached hydrogens (tertiary/aromatic N) is 1. The van der Waals surface area contributed by atoms with Gasteiger partial charge >= 0.3 is 17.9 Å². The quantitative estimate of drug-likeness (QED) is 0.270. The van der Waals surface area contributed by atoms with E-state index >= 15 is 0 Å². The Balaban J connectivity index is 0.000000316. The topological polar surface area (TPSA) is 192 Å². The zero-order valence-corrected chi connectivity index (χ0v) is 23.1. The normalized spacial score (nSPS) is 15.6. The third-order valence-electron chi connectivity index (χ3n) is 6.98. The monoisotopic (exact) mass is 592 g/mol. The fourth-order valence-electron chi connectivity index (χ4n) is 4.92. The highest BCUT2D eigenvalue weighted by Gasteiger charge is 2.41. The van der Waals surface area contributed by atoms with Crippen molar-refractivity contribution in [2.75, 3.05) is 27.0 Å². The molecule has 0 atom stereocenters. The second-order valence-electron chi connectivity index (χ2n) is 10.0. The Hall–Kier alpha value is -4.43. The number of carboxylic acid groups (broad SMARTS) is 3. The summed E-state index contributed by atoms with van der Waals surface area (Å²) in [5.41, 5.74) is -1.24. The van der Waals surface area contributed by atoms with E-state index in [1.54, 1.807) is 19.2 Å². The minimum absolute atomic E-state index is 0.0831. The molecule has 1 saturated heterocycles. The number of hydrogen-bond donors (Lipinski definition) is 5. The highest BCUT2D eigenvalue weighted by molar-refractivity contribution is 5.88. The van der Waals surface area contributed by atoms with Gasteiger partial charge in [-0.2, -0.15) is 0 Å². The van der Waals surface area contributed by atoms with E-state index < -0.39 is 41.9 Å². The van der Waals surface area contributed by atoms with Gasteiger partial charge in [-0.15, -0.1) is 0 Å². The molecule has 42 heavy (non-hydrogen) atoms. The molecule has 0 bridgehead atoms. The van der Waals surface area contributed by atoms with Crippen molar-refractivity contribution in [3.63, 3.8) is 0 Å². The lowest BCUT2D eigenvalue weighted by Crippen LogP contribution is -2.52. The summed E-state index contributed by atoms with van der Waals surface area (Å²) >= 11 is 0. The lowest BCUT2D eigenvalue weighted by Gasteiger charge is -2.42. The molecule has 2 aromatic rings. The largest absolute Gasteiger partial charge is 0.496 e. The van der Waals surface area contributed by atoms with Crippen molar-refractivity contribution in [3.8, 4) is 17.2 Å². The van der Waals surface area contributed by atoms with E-state index in [-0.39, 0.29) is 18.5 Å². The first kappa shape index (κ1) is 32.1. The first-order chi connectivity index (χ1) is 19.8. The first-order valence-corrected chi connectivity index (χ1v) is 12.9. The summed E-state index contributed by atoms with van der Waals surface area (Å²) in [6.07, 6.45) is -0.806. The van der Waals surface area contributed by atoms with Crippen molar-refractivity contribution in [1.82, 2.24) is 10.2 Å². The van der Waals surface area contributed by atoms with Crippen LogP contribution in [-0.4, -0.2) is 81.7 Å². The Morgan fingerprint density at radius 2 is 1.55 bits per heavy atom. The van der Waals surface area contributed by atoms with Crippen LogP contribution < -0.4 is 19.5 Å². The lowest BCUT2D eigenvalue weighted by molar-refractivity contribution is -0.170. The highest BCUT2D eigenvalue weighted by Crippen LogP contribution is 2.40. The molecule has 0 aliphatic carbocycles. The number of aliphatic carboxylic acids is 3. The summed E-state index contributed by atoms with van der Waals surface area (Å²) < 4.78 is 29.8. The van der Waals surface area contributed by atoms with E-state index in [2.05, 4.69) is 10.2 Å². The van der Waals surface area contributed by atoms with Crippen LogP contribution in [0.25, 0.3) is 0 Å². The molecular formula is C28H33FN2O11. The Morgan fingerprint density at radius 1 is 1.00 bits per heavy atom. The molecule has 13 nitrogen and oxygen atoms in total. The molecule has 0 aromatic heterocycles. The average molecular weight is 593 g/mol. The Morgan fingerprint density at radius 3 is 2.02 bits per heavy atom. The Kier molecular flexibility index (Phi) is 10.3. The van der Waals surface area contributed by atoms with E-state index in [1.807, 2.05) is 12.1 Å². The predicted molar refractivity (Wildman–Crippen MR) is 143 cm³/mol. The van der Waals surface area contributed by atoms with Crippen LogP contribution in [-0.2, 0) is 31.3 Å². The first-order valence-electron chi connectivity index (χ1n) is 12.9. The maximum atomic E-state index is 13.4. The molecule has 0 spiro atoms. The molecule has 2 aromatic carbocycles. The number of halogens is 1. The molecule has 1 fully saturated rings. The van der Waals surface area contributed by atoms with Gasteiger partial charge in [0.05, 0.1) is 25.5 Å². The number of carboxylic acids is 3. The number of likely N-dealkylation sites (tertiary alicyclic amines) is 1. The van der Waals surface area contributed by atoms with Crippen molar-refractivity contribution < 1.29 is 58.2 Å². The van der Waals surface area contributed by atoms with Gasteiger partial charge in [0.15, 0.2) is 17.1 Å². The summed E-state index contributed by atoms with van der Waals surface area (Å²) in [5, 5.41) is 36.9. The molecular weight excluding hydrogens is 559 g/mol. The number of ether oxygens (including phenoxy) is 3. The van der Waals surface area contributed by atoms with Gasteiger partial charge < -0.3 is 40.0 Å². The number of carbonyl (C=O) groups excluding carboxylic acids is 1. The van der Waals surface area contributed by atoms with Crippen molar-refractivity contribution in [1.29, 1.82) is 0 Å². The van der Waals surface area contributed by atoms with E-state index in [9.17, 15) is 23.6 Å². The SMILES string of the molecule is COc1cc2c(cc1CN1CCC(NC(C)=O)(c3ccc(F)cc3)CC1)OCO2.O=C(O)CC(O)(CC(=O)O)C(=O)O. The summed E-state index contributed by atoms with van der Waals surface area (Å²) in [7, 11) is 1.65. The number of piperidine rings is 1. The third kappa shape index (κ3) is 8.07. The molecule has 0 radical (unpaired) electrons. The molecule has 2 heterocycles. The van der Waals surface area contributed by atoms with Crippen LogP contribution in [0.15, 0.2) is 36.4 Å². The maximum absolute atomic E-state index is 13.4. The molecule has 4 rings (SSSR count). The zero-order valence-electron chi connectivity index (χ0n) is 23.1. The number of aliphatic hydroxyl groups is 1. The summed E-state index contributed by atoms with van der Waals surface area (Å²) in [5.74, 6) is -3.18. The van der Waals surface area contributed by atoms with Crippen LogP contribution in [0.3, 0.4) is 0 Å². The number of nitrogens with one attached hydrogen (secondary N) is 1. The second-order valence-corrected chi connectivity index (χ2v) is 10.0. The zero-order chi connectivity index (χ0) is 31.1. The Bertz CT molecular complexity index is 1290. The van der Waals surface area contributed by atoms with E-state index in [4.69, 9.17) is 34.6 Å². The molecule has 2 aliphatic heterocycles. The van der Waals surface area contributed by atoms with Gasteiger partial charge in [0.2, 0.25) is 12.7 Å².